The van der Waals surface area contributed by atoms with E-state index in [0.29, 0.717) is 39.6 Å². The summed E-state index contributed by atoms with van der Waals surface area (Å²) in [6.45, 7) is 8.96. The standard InChI is InChI=1S/C34H38N8O3/c1-34(2,3)28-21-29(40-45-28)38-33(44)37-25-10-12-26(13-11-25)42-27-5-4-16-36-32(35)30(27)31(39-42)24-8-6-22(7-9-24)23-14-17-41(18-15-23)19-20-43/h4,6-13,16,21,23,43H,14-15,17-20,35H2,1-3H3,(H2,37,38,40,44). The lowest BCUT2D eigenvalue weighted by atomic mass is 9.89. The van der Waals surface area contributed by atoms with Crippen LogP contribution in [0.3, 0.4) is 0 Å². The van der Waals surface area contributed by atoms with E-state index in [4.69, 9.17) is 15.4 Å². The van der Waals surface area contributed by atoms with Gasteiger partial charge in [-0.25, -0.2) is 14.5 Å². The quantitative estimate of drug-likeness (QED) is 0.251. The number of nitrogens with zero attached hydrogens (tertiary/aromatic N) is 5. The van der Waals surface area contributed by atoms with Crippen LogP contribution in [0.5, 0.6) is 0 Å². The van der Waals surface area contributed by atoms with Crippen molar-refractivity contribution >= 4 is 35.3 Å². The molecule has 0 spiro atoms. The van der Waals surface area contributed by atoms with E-state index in [1.54, 1.807) is 35.2 Å². The second-order valence-corrected chi connectivity index (χ2v) is 12.4. The number of rotatable bonds is 7. The number of aliphatic imine (C=N–C) groups is 1. The summed E-state index contributed by atoms with van der Waals surface area (Å²) in [5.74, 6) is 1.88. The Bertz CT molecular complexity index is 1870. The number of aliphatic hydroxyl groups excluding tert-OH is 1. The molecule has 11 heteroatoms. The summed E-state index contributed by atoms with van der Waals surface area (Å²) < 4.78 is 7.14. The minimum atomic E-state index is -0.429. The van der Waals surface area contributed by atoms with E-state index in [9.17, 15) is 9.90 Å². The molecule has 5 N–H and O–H groups in total. The Balaban J connectivity index is 1.23. The number of fused-ring (bicyclic) bond motifs is 1. The van der Waals surface area contributed by atoms with Crippen LogP contribution in [0.4, 0.5) is 16.3 Å². The van der Waals surface area contributed by atoms with E-state index in [0.717, 1.165) is 49.4 Å². The molecule has 0 unspecified atom stereocenters. The highest BCUT2D eigenvalue weighted by atomic mass is 16.5. The van der Waals surface area contributed by atoms with Crippen molar-refractivity contribution in [2.24, 2.45) is 10.7 Å². The van der Waals surface area contributed by atoms with Gasteiger partial charge in [-0.3, -0.25) is 5.32 Å². The fraction of sp³-hybridized carbons (Fsp3) is 0.324. The van der Waals surface area contributed by atoms with Gasteiger partial charge in [0.2, 0.25) is 0 Å². The highest BCUT2D eigenvalue weighted by molar-refractivity contribution is 5.99. The number of hydrogen-bond acceptors (Lipinski definition) is 8. The Morgan fingerprint density at radius 1 is 1.09 bits per heavy atom. The monoisotopic (exact) mass is 606 g/mol. The number of anilines is 2. The Labute approximate surface area is 261 Å². The molecule has 0 atom stereocenters. The molecule has 2 aromatic heterocycles. The fourth-order valence-corrected chi connectivity index (χ4v) is 5.68. The van der Waals surface area contributed by atoms with Gasteiger partial charge in [0.15, 0.2) is 5.82 Å². The number of allylic oxidation sites excluding steroid dienone is 1. The van der Waals surface area contributed by atoms with Gasteiger partial charge in [-0.1, -0.05) is 55.9 Å². The summed E-state index contributed by atoms with van der Waals surface area (Å²) in [5, 5.41) is 25.1. The van der Waals surface area contributed by atoms with Crippen LogP contribution in [-0.4, -0.2) is 63.4 Å². The fourth-order valence-electron chi connectivity index (χ4n) is 5.68. The summed E-state index contributed by atoms with van der Waals surface area (Å²) >= 11 is 0. The summed E-state index contributed by atoms with van der Waals surface area (Å²) in [6.07, 6.45) is 5.50. The Morgan fingerprint density at radius 3 is 2.49 bits per heavy atom. The van der Waals surface area contributed by atoms with Gasteiger partial charge in [0.1, 0.15) is 22.6 Å². The molecule has 1 saturated heterocycles. The SMILES string of the molecule is CC(C)(C)c1cc(NC(=O)Nc2ccc(-n3nc(-c4ccc(C5CCN(CCO)CC5)cc4)c4c3=C=CC=NC=4N)cc2)no1. The maximum atomic E-state index is 12.6. The van der Waals surface area contributed by atoms with Crippen molar-refractivity contribution in [3.63, 3.8) is 0 Å². The number of amides is 2. The largest absolute Gasteiger partial charge is 0.395 e. The van der Waals surface area contributed by atoms with E-state index < -0.39 is 6.03 Å². The van der Waals surface area contributed by atoms with Crippen LogP contribution in [0.15, 0.2) is 70.2 Å². The number of hydrogen-bond donors (Lipinski definition) is 4. The first-order chi connectivity index (χ1) is 21.7. The molecule has 0 radical (unpaired) electrons. The lowest BCUT2D eigenvalue weighted by molar-refractivity contribution is 0.164. The number of piperidine rings is 1. The lowest BCUT2D eigenvalue weighted by Crippen LogP contribution is -2.34. The number of carbonyl (C=O) groups is 1. The first-order valence-corrected chi connectivity index (χ1v) is 15.2. The number of β-amino-alcohol motifs (C(OH)–C–C–N with tert-alkyl or cyclic N) is 1. The van der Waals surface area contributed by atoms with Crippen LogP contribution >= 0.6 is 0 Å². The van der Waals surface area contributed by atoms with Crippen LogP contribution < -0.4 is 26.9 Å². The average molecular weight is 607 g/mol. The molecule has 232 valence electrons. The molecule has 0 saturated carbocycles. The zero-order chi connectivity index (χ0) is 31.6. The van der Waals surface area contributed by atoms with Gasteiger partial charge in [0, 0.05) is 41.6 Å². The highest BCUT2D eigenvalue weighted by Crippen LogP contribution is 2.29. The van der Waals surface area contributed by atoms with Crippen molar-refractivity contribution in [3.8, 4) is 16.9 Å². The highest BCUT2D eigenvalue weighted by Gasteiger charge is 2.22. The van der Waals surface area contributed by atoms with Crippen LogP contribution in [0.1, 0.15) is 50.9 Å². The first kappa shape index (κ1) is 30.1. The molecule has 2 aromatic carbocycles. The minimum Gasteiger partial charge on any atom is -0.395 e. The molecule has 4 heterocycles. The van der Waals surface area contributed by atoms with Gasteiger partial charge >= 0.3 is 6.03 Å². The molecule has 2 aliphatic heterocycles. The normalized spacial score (nSPS) is 15.4. The molecule has 4 aromatic rings. The number of benzene rings is 2. The molecule has 0 aliphatic carbocycles. The molecule has 6 rings (SSSR count). The minimum absolute atomic E-state index is 0.203. The van der Waals surface area contributed by atoms with E-state index in [-0.39, 0.29) is 12.0 Å². The topological polar surface area (TPSA) is 147 Å². The summed E-state index contributed by atoms with van der Waals surface area (Å²) in [5.41, 5.74) is 13.8. The predicted octanol–water partition coefficient (Wildman–Crippen LogP) is 3.68. The number of likely N-dealkylation sites (tertiary alicyclic amines) is 1. The molecular weight excluding hydrogens is 568 g/mol. The van der Waals surface area contributed by atoms with Crippen molar-refractivity contribution in [1.82, 2.24) is 19.8 Å². The van der Waals surface area contributed by atoms with Gasteiger partial charge in [-0.2, -0.15) is 5.10 Å². The zero-order valence-electron chi connectivity index (χ0n) is 25.7. The summed E-state index contributed by atoms with van der Waals surface area (Å²) in [4.78, 5) is 19.3. The first-order valence-electron chi connectivity index (χ1n) is 15.2. The Kier molecular flexibility index (Phi) is 8.40. The maximum absolute atomic E-state index is 12.6. The van der Waals surface area contributed by atoms with Gasteiger partial charge in [-0.05, 0) is 61.7 Å². The number of nitrogens with two attached hydrogens (primary N) is 1. The molecule has 2 aliphatic rings. The van der Waals surface area contributed by atoms with E-state index in [1.165, 1.54) is 5.56 Å². The van der Waals surface area contributed by atoms with Crippen molar-refractivity contribution in [2.75, 3.05) is 36.9 Å². The number of urea groups is 1. The van der Waals surface area contributed by atoms with Gasteiger partial charge in [0.05, 0.1) is 17.5 Å². The molecule has 45 heavy (non-hydrogen) atoms. The summed E-state index contributed by atoms with van der Waals surface area (Å²) in [7, 11) is 0. The third-order valence-electron chi connectivity index (χ3n) is 8.17. The van der Waals surface area contributed by atoms with E-state index in [1.807, 2.05) is 32.9 Å². The van der Waals surface area contributed by atoms with Crippen LogP contribution in [-0.2, 0) is 5.41 Å². The maximum Gasteiger partial charge on any atom is 0.324 e. The van der Waals surface area contributed by atoms with Gasteiger partial charge in [0.25, 0.3) is 0 Å². The van der Waals surface area contributed by atoms with E-state index in [2.05, 4.69) is 55.7 Å². The van der Waals surface area contributed by atoms with Crippen molar-refractivity contribution in [1.29, 1.82) is 0 Å². The summed E-state index contributed by atoms with van der Waals surface area (Å²) in [6, 6.07) is 17.2. The predicted molar refractivity (Wildman–Crippen MR) is 176 cm³/mol. The van der Waals surface area contributed by atoms with Gasteiger partial charge < -0.3 is 25.6 Å². The third kappa shape index (κ3) is 6.61. The van der Waals surface area contributed by atoms with Crippen molar-refractivity contribution in [2.45, 2.75) is 44.9 Å². The van der Waals surface area contributed by atoms with Gasteiger partial charge in [-0.15, -0.1) is 0 Å². The second kappa shape index (κ2) is 12.6. The average Bonchev–Trinajstić information content (AvgIpc) is 3.61. The number of nitrogens with one attached hydrogen (secondary N) is 2. The van der Waals surface area contributed by atoms with Crippen LogP contribution in [0.2, 0.25) is 0 Å². The molecule has 0 bridgehead atoms. The number of carbonyl (C=O) groups excluding carboxylic acids is 1. The molecule has 1 fully saturated rings. The Hall–Kier alpha value is -4.96. The molecule has 11 nitrogen and oxygen atoms in total. The van der Waals surface area contributed by atoms with E-state index >= 15 is 0 Å². The molecule has 2 amide bonds. The van der Waals surface area contributed by atoms with Crippen molar-refractivity contribution < 1.29 is 14.4 Å². The second-order valence-electron chi connectivity index (χ2n) is 12.4. The van der Waals surface area contributed by atoms with Crippen LogP contribution in [0, 0.1) is 0 Å². The third-order valence-corrected chi connectivity index (χ3v) is 8.17. The Morgan fingerprint density at radius 2 is 1.82 bits per heavy atom. The number of aliphatic hydroxyl groups is 1. The molecular formula is C34H38N8O3. The van der Waals surface area contributed by atoms with Crippen molar-refractivity contribution in [3.05, 3.63) is 82.6 Å². The smallest absolute Gasteiger partial charge is 0.324 e. The number of aromatic nitrogens is 3. The zero-order valence-corrected chi connectivity index (χ0v) is 25.7. The lowest BCUT2D eigenvalue weighted by Gasteiger charge is -2.31. The van der Waals surface area contributed by atoms with Crippen LogP contribution in [0.25, 0.3) is 28.5 Å².